The lowest BCUT2D eigenvalue weighted by Crippen LogP contribution is -2.35. The molecular formula is C18H14Cl2N2O. The maximum atomic E-state index is 12.7. The van der Waals surface area contributed by atoms with Gasteiger partial charge in [-0.3, -0.25) is 4.79 Å². The summed E-state index contributed by atoms with van der Waals surface area (Å²) < 4.78 is 0. The first-order chi connectivity index (χ1) is 11.1. The quantitative estimate of drug-likeness (QED) is 0.683. The lowest BCUT2D eigenvalue weighted by molar-refractivity contribution is 0.0735. The Balaban J connectivity index is 1.66. The van der Waals surface area contributed by atoms with E-state index < -0.39 is 0 Å². The molecule has 0 spiro atoms. The molecule has 1 amide bonds. The number of fused-ring (bicyclic) bond motifs is 3. The Morgan fingerprint density at radius 2 is 1.78 bits per heavy atom. The van der Waals surface area contributed by atoms with Crippen molar-refractivity contribution in [1.82, 2.24) is 9.88 Å². The number of carbonyl (C=O) groups excluding carboxylic acids is 1. The number of hydrogen-bond donors (Lipinski definition) is 1. The zero-order valence-corrected chi connectivity index (χ0v) is 13.8. The summed E-state index contributed by atoms with van der Waals surface area (Å²) >= 11 is 12.0. The van der Waals surface area contributed by atoms with E-state index in [0.717, 1.165) is 17.3 Å². The molecule has 0 unspecified atom stereocenters. The minimum Gasteiger partial charge on any atom is -0.358 e. The Hall–Kier alpha value is -1.97. The molecule has 3 nitrogen and oxygen atoms in total. The zero-order valence-electron chi connectivity index (χ0n) is 12.3. The molecule has 116 valence electrons. The number of nitrogens with zero attached hydrogens (tertiary/aromatic N) is 1. The number of rotatable bonds is 1. The van der Waals surface area contributed by atoms with Crippen LogP contribution in [0.2, 0.25) is 10.0 Å². The van der Waals surface area contributed by atoms with Gasteiger partial charge in [0, 0.05) is 57.3 Å². The van der Waals surface area contributed by atoms with Crippen LogP contribution in [0.1, 0.15) is 21.6 Å². The van der Waals surface area contributed by atoms with E-state index in [-0.39, 0.29) is 5.91 Å². The van der Waals surface area contributed by atoms with Crippen molar-refractivity contribution in [2.45, 2.75) is 13.0 Å². The van der Waals surface area contributed by atoms with Crippen molar-refractivity contribution in [1.29, 1.82) is 0 Å². The second-order valence-corrected chi connectivity index (χ2v) is 6.63. The van der Waals surface area contributed by atoms with Gasteiger partial charge in [-0.1, -0.05) is 29.3 Å². The molecule has 1 N–H and O–H groups in total. The number of halogens is 2. The monoisotopic (exact) mass is 344 g/mol. The minimum atomic E-state index is 0.0376. The maximum Gasteiger partial charge on any atom is 0.254 e. The normalized spacial score (nSPS) is 14.1. The first-order valence-corrected chi connectivity index (χ1v) is 8.21. The Labute approximate surface area is 143 Å². The molecule has 5 heteroatoms. The van der Waals surface area contributed by atoms with Gasteiger partial charge in [0.05, 0.1) is 0 Å². The number of aromatic amines is 1. The van der Waals surface area contributed by atoms with Gasteiger partial charge in [-0.2, -0.15) is 0 Å². The summed E-state index contributed by atoms with van der Waals surface area (Å²) in [5.41, 5.74) is 4.08. The fraction of sp³-hybridized carbons (Fsp3) is 0.167. The van der Waals surface area contributed by atoms with Crippen molar-refractivity contribution in [2.24, 2.45) is 0 Å². The molecular weight excluding hydrogens is 331 g/mol. The smallest absolute Gasteiger partial charge is 0.254 e. The predicted octanol–water partition coefficient (Wildman–Crippen LogP) is 4.67. The molecule has 1 aliphatic heterocycles. The van der Waals surface area contributed by atoms with E-state index in [1.165, 1.54) is 11.3 Å². The van der Waals surface area contributed by atoms with Crippen molar-refractivity contribution < 1.29 is 4.79 Å². The maximum absolute atomic E-state index is 12.7. The van der Waals surface area contributed by atoms with Gasteiger partial charge in [-0.25, -0.2) is 0 Å². The van der Waals surface area contributed by atoms with Gasteiger partial charge in [0.1, 0.15) is 0 Å². The highest BCUT2D eigenvalue weighted by Crippen LogP contribution is 2.30. The topological polar surface area (TPSA) is 36.1 Å². The van der Waals surface area contributed by atoms with Gasteiger partial charge in [0.2, 0.25) is 0 Å². The van der Waals surface area contributed by atoms with Gasteiger partial charge in [-0.15, -0.1) is 0 Å². The second kappa shape index (κ2) is 5.59. The van der Waals surface area contributed by atoms with Crippen LogP contribution >= 0.6 is 23.2 Å². The van der Waals surface area contributed by atoms with Crippen molar-refractivity contribution >= 4 is 40.0 Å². The fourth-order valence-corrected chi connectivity index (χ4v) is 3.44. The third-order valence-electron chi connectivity index (χ3n) is 4.32. The van der Waals surface area contributed by atoms with Gasteiger partial charge in [0.25, 0.3) is 5.91 Å². The van der Waals surface area contributed by atoms with Gasteiger partial charge in [-0.05, 0) is 36.4 Å². The Morgan fingerprint density at radius 1 is 1.04 bits per heavy atom. The zero-order chi connectivity index (χ0) is 16.0. The van der Waals surface area contributed by atoms with Crippen LogP contribution in [-0.4, -0.2) is 22.3 Å². The van der Waals surface area contributed by atoms with Crippen LogP contribution in [0, 0.1) is 0 Å². The average molecular weight is 345 g/mol. The molecule has 3 aromatic rings. The largest absolute Gasteiger partial charge is 0.358 e. The summed E-state index contributed by atoms with van der Waals surface area (Å²) in [5, 5.41) is 2.49. The second-order valence-electron chi connectivity index (χ2n) is 5.76. The molecule has 0 saturated heterocycles. The first-order valence-electron chi connectivity index (χ1n) is 7.45. The number of benzene rings is 2. The van der Waals surface area contributed by atoms with E-state index in [0.29, 0.717) is 28.7 Å². The molecule has 2 aromatic carbocycles. The average Bonchev–Trinajstić information content (AvgIpc) is 2.91. The Morgan fingerprint density at radius 3 is 2.57 bits per heavy atom. The molecule has 1 aromatic heterocycles. The molecule has 23 heavy (non-hydrogen) atoms. The van der Waals surface area contributed by atoms with E-state index in [1.807, 2.05) is 23.1 Å². The van der Waals surface area contributed by atoms with Gasteiger partial charge < -0.3 is 9.88 Å². The molecule has 0 bridgehead atoms. The summed E-state index contributed by atoms with van der Waals surface area (Å²) in [4.78, 5) is 18.0. The van der Waals surface area contributed by atoms with Crippen LogP contribution in [0.4, 0.5) is 0 Å². The van der Waals surface area contributed by atoms with E-state index >= 15 is 0 Å². The first kappa shape index (κ1) is 14.6. The fourth-order valence-electron chi connectivity index (χ4n) is 3.14. The number of carbonyl (C=O) groups is 1. The number of aromatic nitrogens is 1. The van der Waals surface area contributed by atoms with Crippen LogP contribution < -0.4 is 0 Å². The molecule has 2 heterocycles. The molecule has 4 rings (SSSR count). The van der Waals surface area contributed by atoms with Gasteiger partial charge >= 0.3 is 0 Å². The Bertz CT molecular complexity index is 899. The molecule has 0 atom stereocenters. The summed E-state index contributed by atoms with van der Waals surface area (Å²) in [6, 6.07) is 12.9. The number of nitrogens with one attached hydrogen (secondary N) is 1. The molecule has 0 fully saturated rings. The summed E-state index contributed by atoms with van der Waals surface area (Å²) in [6.07, 6.45) is 0.820. The predicted molar refractivity (Wildman–Crippen MR) is 93.2 cm³/mol. The molecule has 0 aliphatic carbocycles. The highest BCUT2D eigenvalue weighted by atomic mass is 35.5. The van der Waals surface area contributed by atoms with Crippen LogP contribution in [-0.2, 0) is 13.0 Å². The van der Waals surface area contributed by atoms with Gasteiger partial charge in [0.15, 0.2) is 0 Å². The lowest BCUT2D eigenvalue weighted by atomic mass is 10.0. The van der Waals surface area contributed by atoms with Crippen molar-refractivity contribution in [3.05, 3.63) is 69.3 Å². The molecule has 0 radical (unpaired) electrons. The van der Waals surface area contributed by atoms with Crippen molar-refractivity contribution in [2.75, 3.05) is 6.54 Å². The summed E-state index contributed by atoms with van der Waals surface area (Å²) in [5.74, 6) is 0.0376. The van der Waals surface area contributed by atoms with Crippen LogP contribution in [0.5, 0.6) is 0 Å². The highest BCUT2D eigenvalue weighted by molar-refractivity contribution is 6.31. The summed E-state index contributed by atoms with van der Waals surface area (Å²) in [7, 11) is 0. The lowest BCUT2D eigenvalue weighted by Gasteiger charge is -2.27. The van der Waals surface area contributed by atoms with Crippen molar-refractivity contribution in [3.8, 4) is 0 Å². The van der Waals surface area contributed by atoms with Crippen LogP contribution in [0.3, 0.4) is 0 Å². The van der Waals surface area contributed by atoms with E-state index in [2.05, 4.69) is 4.98 Å². The van der Waals surface area contributed by atoms with E-state index in [1.54, 1.807) is 24.3 Å². The SMILES string of the molecule is O=C(c1ccc(Cl)cc1)N1CCc2[nH]c3cc(Cl)ccc3c2C1. The van der Waals surface area contributed by atoms with E-state index in [9.17, 15) is 4.79 Å². The molecule has 0 saturated carbocycles. The number of H-pyrrole nitrogens is 1. The number of amides is 1. The van der Waals surface area contributed by atoms with Crippen LogP contribution in [0.25, 0.3) is 10.9 Å². The molecule has 1 aliphatic rings. The Kier molecular flexibility index (Phi) is 3.55. The third-order valence-corrected chi connectivity index (χ3v) is 4.80. The standard InChI is InChI=1S/C18H14Cl2N2O/c19-12-3-1-11(2-4-12)18(23)22-8-7-16-15(10-22)14-6-5-13(20)9-17(14)21-16/h1-6,9,21H,7-8,10H2. The van der Waals surface area contributed by atoms with Crippen molar-refractivity contribution in [3.63, 3.8) is 0 Å². The number of hydrogen-bond acceptors (Lipinski definition) is 1. The van der Waals surface area contributed by atoms with Crippen LogP contribution in [0.15, 0.2) is 42.5 Å². The highest BCUT2D eigenvalue weighted by Gasteiger charge is 2.24. The third kappa shape index (κ3) is 2.60. The summed E-state index contributed by atoms with van der Waals surface area (Å²) in [6.45, 7) is 1.31. The van der Waals surface area contributed by atoms with E-state index in [4.69, 9.17) is 23.2 Å². The minimum absolute atomic E-state index is 0.0376.